The molecule has 0 unspecified atom stereocenters. The van der Waals surface area contributed by atoms with Crippen LogP contribution in [0.2, 0.25) is 0 Å². The quantitative estimate of drug-likeness (QED) is 0.376. The van der Waals surface area contributed by atoms with Gasteiger partial charge in [0.1, 0.15) is 5.69 Å². The van der Waals surface area contributed by atoms with E-state index in [1.807, 2.05) is 6.92 Å². The molecular formula is C13H17ClN2O3. The van der Waals surface area contributed by atoms with E-state index >= 15 is 0 Å². The third kappa shape index (κ3) is 4.52. The molecule has 0 aromatic heterocycles. The van der Waals surface area contributed by atoms with Crippen LogP contribution < -0.4 is 5.32 Å². The molecule has 0 heterocycles. The zero-order valence-electron chi connectivity index (χ0n) is 11.0. The van der Waals surface area contributed by atoms with Gasteiger partial charge in [0.05, 0.1) is 4.92 Å². The molecule has 104 valence electrons. The fourth-order valence-electron chi connectivity index (χ4n) is 1.64. The summed E-state index contributed by atoms with van der Waals surface area (Å²) in [7, 11) is 0. The normalized spacial score (nSPS) is 10.3. The van der Waals surface area contributed by atoms with Crippen molar-refractivity contribution in [3.8, 4) is 0 Å². The van der Waals surface area contributed by atoms with Crippen LogP contribution in [0.25, 0.3) is 0 Å². The summed E-state index contributed by atoms with van der Waals surface area (Å²) in [5.41, 5.74) is 1.91. The highest BCUT2D eigenvalue weighted by molar-refractivity contribution is 6.17. The Bertz CT molecular complexity index is 489. The number of nitro groups is 1. The average Bonchev–Trinajstić information content (AvgIpc) is 2.33. The molecule has 0 aliphatic carbocycles. The minimum absolute atomic E-state index is 0.0752. The highest BCUT2D eigenvalue weighted by Gasteiger charge is 2.17. The standard InChI is InChI=1S/C13H17ClN2O3/c1-9-7-11(12(16(18)19)8-10(9)2)15-13(17)5-3-4-6-14/h7-8H,3-6H2,1-2H3,(H,15,17). The highest BCUT2D eigenvalue weighted by Crippen LogP contribution is 2.28. The van der Waals surface area contributed by atoms with Gasteiger partial charge < -0.3 is 5.32 Å². The molecule has 0 atom stereocenters. The summed E-state index contributed by atoms with van der Waals surface area (Å²) in [5, 5.41) is 13.6. The van der Waals surface area contributed by atoms with Crippen molar-refractivity contribution >= 4 is 28.9 Å². The number of halogens is 1. The Morgan fingerprint density at radius 2 is 1.95 bits per heavy atom. The number of carbonyl (C=O) groups is 1. The van der Waals surface area contributed by atoms with Gasteiger partial charge >= 0.3 is 0 Å². The van der Waals surface area contributed by atoms with Crippen LogP contribution in [-0.4, -0.2) is 16.7 Å². The van der Waals surface area contributed by atoms with Gasteiger partial charge in [-0.15, -0.1) is 11.6 Å². The third-order valence-electron chi connectivity index (χ3n) is 2.87. The van der Waals surface area contributed by atoms with Gasteiger partial charge in [0.2, 0.25) is 5.91 Å². The van der Waals surface area contributed by atoms with E-state index in [1.54, 1.807) is 13.0 Å². The first-order valence-corrected chi connectivity index (χ1v) is 6.60. The van der Waals surface area contributed by atoms with Gasteiger partial charge in [0.25, 0.3) is 5.69 Å². The maximum Gasteiger partial charge on any atom is 0.293 e. The van der Waals surface area contributed by atoms with Gasteiger partial charge in [-0.3, -0.25) is 14.9 Å². The first-order valence-electron chi connectivity index (χ1n) is 6.07. The van der Waals surface area contributed by atoms with E-state index in [-0.39, 0.29) is 17.3 Å². The Hall–Kier alpha value is -1.62. The van der Waals surface area contributed by atoms with Crippen LogP contribution in [0.3, 0.4) is 0 Å². The maximum absolute atomic E-state index is 11.7. The highest BCUT2D eigenvalue weighted by atomic mass is 35.5. The number of unbranched alkanes of at least 4 members (excludes halogenated alkanes) is 1. The predicted octanol–water partition coefficient (Wildman–Crippen LogP) is 3.56. The number of hydrogen-bond donors (Lipinski definition) is 1. The fraction of sp³-hybridized carbons (Fsp3) is 0.462. The minimum atomic E-state index is -0.485. The molecule has 5 nitrogen and oxygen atoms in total. The molecule has 0 radical (unpaired) electrons. The minimum Gasteiger partial charge on any atom is -0.320 e. The lowest BCUT2D eigenvalue weighted by Gasteiger charge is -2.08. The summed E-state index contributed by atoms with van der Waals surface area (Å²) < 4.78 is 0. The van der Waals surface area contributed by atoms with Crippen molar-refractivity contribution in [1.82, 2.24) is 0 Å². The van der Waals surface area contributed by atoms with Crippen LogP contribution in [-0.2, 0) is 4.79 Å². The van der Waals surface area contributed by atoms with E-state index in [4.69, 9.17) is 11.6 Å². The Labute approximate surface area is 117 Å². The number of carbonyl (C=O) groups excluding carboxylic acids is 1. The molecule has 0 spiro atoms. The lowest BCUT2D eigenvalue weighted by molar-refractivity contribution is -0.384. The molecule has 1 aromatic rings. The van der Waals surface area contributed by atoms with E-state index in [1.165, 1.54) is 6.07 Å². The van der Waals surface area contributed by atoms with Gasteiger partial charge in [0.15, 0.2) is 0 Å². The molecule has 0 saturated heterocycles. The van der Waals surface area contributed by atoms with Gasteiger partial charge in [-0.2, -0.15) is 0 Å². The van der Waals surface area contributed by atoms with Gasteiger partial charge in [0, 0.05) is 18.4 Å². The average molecular weight is 285 g/mol. The van der Waals surface area contributed by atoms with Crippen LogP contribution in [0.1, 0.15) is 30.4 Å². The number of benzene rings is 1. The first-order chi connectivity index (χ1) is 8.95. The largest absolute Gasteiger partial charge is 0.320 e. The lowest BCUT2D eigenvalue weighted by Crippen LogP contribution is -2.13. The van der Waals surface area contributed by atoms with Crippen molar-refractivity contribution in [3.05, 3.63) is 33.4 Å². The molecule has 0 fully saturated rings. The Balaban J connectivity index is 2.84. The number of aryl methyl sites for hydroxylation is 2. The molecule has 1 amide bonds. The summed E-state index contributed by atoms with van der Waals surface area (Å²) >= 11 is 5.53. The number of nitrogens with zero attached hydrogens (tertiary/aromatic N) is 1. The first kappa shape index (κ1) is 15.4. The monoisotopic (exact) mass is 284 g/mol. The molecule has 1 N–H and O–H groups in total. The molecule has 0 aliphatic heterocycles. The van der Waals surface area contributed by atoms with Crippen molar-refractivity contribution in [2.24, 2.45) is 0 Å². The predicted molar refractivity (Wildman–Crippen MR) is 75.8 cm³/mol. The molecule has 0 aliphatic rings. The molecule has 19 heavy (non-hydrogen) atoms. The van der Waals surface area contributed by atoms with E-state index < -0.39 is 4.92 Å². The molecule has 0 saturated carbocycles. The van der Waals surface area contributed by atoms with Crippen LogP contribution in [0.5, 0.6) is 0 Å². The summed E-state index contributed by atoms with van der Waals surface area (Å²) in [6.45, 7) is 3.65. The molecule has 6 heteroatoms. The van der Waals surface area contributed by atoms with Crippen molar-refractivity contribution < 1.29 is 9.72 Å². The zero-order valence-corrected chi connectivity index (χ0v) is 11.8. The SMILES string of the molecule is Cc1cc(NC(=O)CCCCCl)c([N+](=O)[O-])cc1C. The summed E-state index contributed by atoms with van der Waals surface area (Å²) in [6.07, 6.45) is 1.74. The second kappa shape index (κ2) is 7.09. The molecular weight excluding hydrogens is 268 g/mol. The Morgan fingerprint density at radius 3 is 2.53 bits per heavy atom. The number of amides is 1. The Kier molecular flexibility index (Phi) is 5.76. The van der Waals surface area contributed by atoms with Crippen LogP contribution >= 0.6 is 11.6 Å². The molecule has 1 rings (SSSR count). The molecule has 0 bridgehead atoms. The number of nitrogens with one attached hydrogen (secondary N) is 1. The van der Waals surface area contributed by atoms with Crippen molar-refractivity contribution in [1.29, 1.82) is 0 Å². The topological polar surface area (TPSA) is 72.2 Å². The van der Waals surface area contributed by atoms with Crippen molar-refractivity contribution in [3.63, 3.8) is 0 Å². The number of hydrogen-bond acceptors (Lipinski definition) is 3. The molecule has 1 aromatic carbocycles. The van der Waals surface area contributed by atoms with Crippen molar-refractivity contribution in [2.45, 2.75) is 33.1 Å². The Morgan fingerprint density at radius 1 is 1.32 bits per heavy atom. The number of anilines is 1. The van der Waals surface area contributed by atoms with Gasteiger partial charge in [-0.05, 0) is 43.9 Å². The smallest absolute Gasteiger partial charge is 0.293 e. The van der Waals surface area contributed by atoms with Crippen LogP contribution in [0.15, 0.2) is 12.1 Å². The zero-order chi connectivity index (χ0) is 14.4. The number of alkyl halides is 1. The second-order valence-electron chi connectivity index (χ2n) is 4.40. The maximum atomic E-state index is 11.7. The lowest BCUT2D eigenvalue weighted by atomic mass is 10.1. The summed E-state index contributed by atoms with van der Waals surface area (Å²) in [4.78, 5) is 22.2. The number of rotatable bonds is 6. The summed E-state index contributed by atoms with van der Waals surface area (Å²) in [5.74, 6) is 0.285. The fourth-order valence-corrected chi connectivity index (χ4v) is 1.83. The van der Waals surface area contributed by atoms with Crippen LogP contribution in [0, 0.1) is 24.0 Å². The van der Waals surface area contributed by atoms with E-state index in [2.05, 4.69) is 5.32 Å². The second-order valence-corrected chi connectivity index (χ2v) is 4.78. The van der Waals surface area contributed by atoms with Crippen LogP contribution in [0.4, 0.5) is 11.4 Å². The van der Waals surface area contributed by atoms with E-state index in [0.717, 1.165) is 17.5 Å². The summed E-state index contributed by atoms with van der Waals surface area (Å²) in [6, 6.07) is 3.11. The van der Waals surface area contributed by atoms with E-state index in [9.17, 15) is 14.9 Å². The number of nitro benzene ring substituents is 1. The van der Waals surface area contributed by atoms with E-state index in [0.29, 0.717) is 18.7 Å². The van der Waals surface area contributed by atoms with Gasteiger partial charge in [-0.1, -0.05) is 0 Å². The third-order valence-corrected chi connectivity index (χ3v) is 3.14. The van der Waals surface area contributed by atoms with Gasteiger partial charge in [-0.25, -0.2) is 0 Å². The van der Waals surface area contributed by atoms with Crippen molar-refractivity contribution in [2.75, 3.05) is 11.2 Å².